The summed E-state index contributed by atoms with van der Waals surface area (Å²) < 4.78 is 5.68. The molecule has 1 aromatic rings. The van der Waals surface area contributed by atoms with Gasteiger partial charge in [0.15, 0.2) is 0 Å². The van der Waals surface area contributed by atoms with Crippen molar-refractivity contribution in [2.75, 3.05) is 31.2 Å². The molecule has 4 nitrogen and oxygen atoms in total. The summed E-state index contributed by atoms with van der Waals surface area (Å²) in [5, 5.41) is 9.28. The predicted octanol–water partition coefficient (Wildman–Crippen LogP) is 3.20. The molecular formula is C17H25NO3. The van der Waals surface area contributed by atoms with Gasteiger partial charge in [-0.2, -0.15) is 0 Å². The molecule has 0 fully saturated rings. The maximum Gasteiger partial charge on any atom is 0.336 e. The average Bonchev–Trinajstić information content (AvgIpc) is 2.46. The molecule has 2 rings (SSSR count). The van der Waals surface area contributed by atoms with Crippen molar-refractivity contribution >= 4 is 11.7 Å². The third-order valence-corrected chi connectivity index (χ3v) is 3.92. The van der Waals surface area contributed by atoms with E-state index in [1.54, 1.807) is 6.07 Å². The number of fused-ring (bicyclic) bond motifs is 1. The Morgan fingerprint density at radius 1 is 1.38 bits per heavy atom. The van der Waals surface area contributed by atoms with Crippen molar-refractivity contribution in [1.82, 2.24) is 0 Å². The van der Waals surface area contributed by atoms with Gasteiger partial charge in [-0.15, -0.1) is 0 Å². The lowest BCUT2D eigenvalue weighted by Gasteiger charge is -2.32. The van der Waals surface area contributed by atoms with Gasteiger partial charge in [0.1, 0.15) is 0 Å². The molecule has 0 spiro atoms. The molecule has 0 aromatic heterocycles. The van der Waals surface area contributed by atoms with E-state index in [2.05, 4.69) is 18.7 Å². The van der Waals surface area contributed by atoms with Gasteiger partial charge in [0.05, 0.1) is 12.2 Å². The van der Waals surface area contributed by atoms with E-state index >= 15 is 0 Å². The summed E-state index contributed by atoms with van der Waals surface area (Å²) in [5.41, 5.74) is 2.48. The van der Waals surface area contributed by atoms with E-state index in [0.717, 1.165) is 50.2 Å². The summed E-state index contributed by atoms with van der Waals surface area (Å²) in [6, 6.07) is 5.55. The number of hydrogen-bond donors (Lipinski definition) is 1. The number of anilines is 1. The summed E-state index contributed by atoms with van der Waals surface area (Å²) in [6.45, 7) is 7.68. The fraction of sp³-hybridized carbons (Fsp3) is 0.588. The largest absolute Gasteiger partial charge is 0.478 e. The summed E-state index contributed by atoms with van der Waals surface area (Å²) in [4.78, 5) is 13.6. The van der Waals surface area contributed by atoms with Crippen molar-refractivity contribution in [2.24, 2.45) is 5.92 Å². The Hall–Kier alpha value is -1.55. The zero-order valence-electron chi connectivity index (χ0n) is 13.0. The molecular weight excluding hydrogens is 266 g/mol. The predicted molar refractivity (Wildman–Crippen MR) is 84.2 cm³/mol. The number of aromatic carboxylic acids is 1. The Labute approximate surface area is 126 Å². The minimum atomic E-state index is -0.832. The Kier molecular flexibility index (Phi) is 5.62. The maximum atomic E-state index is 11.3. The first-order valence-electron chi connectivity index (χ1n) is 7.77. The molecule has 0 aliphatic carbocycles. The zero-order valence-corrected chi connectivity index (χ0v) is 13.0. The lowest BCUT2D eigenvalue weighted by molar-refractivity contribution is 0.0695. The molecule has 1 aromatic carbocycles. The van der Waals surface area contributed by atoms with E-state index in [1.807, 2.05) is 12.1 Å². The number of benzene rings is 1. The Morgan fingerprint density at radius 3 is 2.90 bits per heavy atom. The number of ether oxygens (including phenoxy) is 1. The van der Waals surface area contributed by atoms with E-state index in [0.29, 0.717) is 18.1 Å². The van der Waals surface area contributed by atoms with E-state index in [4.69, 9.17) is 4.74 Å². The molecule has 0 unspecified atom stereocenters. The second kappa shape index (κ2) is 7.46. The van der Waals surface area contributed by atoms with Crippen LogP contribution in [0.3, 0.4) is 0 Å². The average molecular weight is 291 g/mol. The molecule has 0 bridgehead atoms. The Balaban J connectivity index is 1.95. The first-order chi connectivity index (χ1) is 10.1. The van der Waals surface area contributed by atoms with Crippen LogP contribution in [0.5, 0.6) is 0 Å². The van der Waals surface area contributed by atoms with E-state index in [9.17, 15) is 9.90 Å². The van der Waals surface area contributed by atoms with Gasteiger partial charge in [-0.25, -0.2) is 4.79 Å². The van der Waals surface area contributed by atoms with Crippen molar-refractivity contribution in [2.45, 2.75) is 33.1 Å². The monoisotopic (exact) mass is 291 g/mol. The minimum Gasteiger partial charge on any atom is -0.478 e. The SMILES string of the molecule is CC(C)CCOCCN1CCCc2c(C(=O)O)cccc21. The third kappa shape index (κ3) is 4.21. The standard InChI is InChI=1S/C17H25NO3/c1-13(2)8-11-21-12-10-18-9-4-6-14-15(17(19)20)5-3-7-16(14)18/h3,5,7,13H,4,6,8-12H2,1-2H3,(H,19,20). The Morgan fingerprint density at radius 2 is 2.19 bits per heavy atom. The highest BCUT2D eigenvalue weighted by atomic mass is 16.5. The van der Waals surface area contributed by atoms with E-state index in [1.165, 1.54) is 0 Å². The highest BCUT2D eigenvalue weighted by molar-refractivity contribution is 5.91. The Bertz CT molecular complexity index is 485. The van der Waals surface area contributed by atoms with Crippen molar-refractivity contribution in [3.63, 3.8) is 0 Å². The molecule has 0 saturated heterocycles. The maximum absolute atomic E-state index is 11.3. The quantitative estimate of drug-likeness (QED) is 0.784. The van der Waals surface area contributed by atoms with E-state index in [-0.39, 0.29) is 0 Å². The topological polar surface area (TPSA) is 49.8 Å². The van der Waals surface area contributed by atoms with Gasteiger partial charge in [-0.1, -0.05) is 19.9 Å². The van der Waals surface area contributed by atoms with Gasteiger partial charge in [0, 0.05) is 25.4 Å². The van der Waals surface area contributed by atoms with Crippen LogP contribution in [-0.4, -0.2) is 37.4 Å². The van der Waals surface area contributed by atoms with Crippen LogP contribution in [0.4, 0.5) is 5.69 Å². The normalized spacial score (nSPS) is 14.3. The minimum absolute atomic E-state index is 0.443. The number of rotatable bonds is 7. The lowest BCUT2D eigenvalue weighted by Crippen LogP contribution is -2.33. The molecule has 0 saturated carbocycles. The second-order valence-electron chi connectivity index (χ2n) is 5.99. The zero-order chi connectivity index (χ0) is 15.2. The van der Waals surface area contributed by atoms with Crippen molar-refractivity contribution in [3.8, 4) is 0 Å². The molecule has 0 atom stereocenters. The van der Waals surface area contributed by atoms with Gasteiger partial charge in [-0.3, -0.25) is 0 Å². The van der Waals surface area contributed by atoms with Gasteiger partial charge in [-0.05, 0) is 42.9 Å². The molecule has 1 aliphatic rings. The molecule has 0 amide bonds. The molecule has 1 aliphatic heterocycles. The fourth-order valence-corrected chi connectivity index (χ4v) is 2.73. The van der Waals surface area contributed by atoms with Crippen LogP contribution in [0.2, 0.25) is 0 Å². The van der Waals surface area contributed by atoms with Crippen LogP contribution in [0.15, 0.2) is 18.2 Å². The molecule has 1 N–H and O–H groups in total. The molecule has 21 heavy (non-hydrogen) atoms. The number of carbonyl (C=O) groups is 1. The molecule has 0 radical (unpaired) electrons. The lowest BCUT2D eigenvalue weighted by atomic mass is 9.96. The summed E-state index contributed by atoms with van der Waals surface area (Å²) in [6.07, 6.45) is 2.94. The first-order valence-corrected chi connectivity index (χ1v) is 7.77. The molecule has 116 valence electrons. The van der Waals surface area contributed by atoms with Crippen LogP contribution in [-0.2, 0) is 11.2 Å². The van der Waals surface area contributed by atoms with Gasteiger partial charge in [0.25, 0.3) is 0 Å². The highest BCUT2D eigenvalue weighted by Crippen LogP contribution is 2.29. The van der Waals surface area contributed by atoms with Crippen molar-refractivity contribution < 1.29 is 14.6 Å². The van der Waals surface area contributed by atoms with Gasteiger partial charge < -0.3 is 14.7 Å². The smallest absolute Gasteiger partial charge is 0.336 e. The summed E-state index contributed by atoms with van der Waals surface area (Å²) in [7, 11) is 0. The fourth-order valence-electron chi connectivity index (χ4n) is 2.73. The summed E-state index contributed by atoms with van der Waals surface area (Å²) in [5.74, 6) is -0.166. The van der Waals surface area contributed by atoms with Gasteiger partial charge >= 0.3 is 5.97 Å². The van der Waals surface area contributed by atoms with Crippen LogP contribution in [0.25, 0.3) is 0 Å². The number of carboxylic acids is 1. The number of carboxylic acid groups (broad SMARTS) is 1. The van der Waals surface area contributed by atoms with Gasteiger partial charge in [0.2, 0.25) is 0 Å². The number of hydrogen-bond acceptors (Lipinski definition) is 3. The van der Waals surface area contributed by atoms with E-state index < -0.39 is 5.97 Å². The molecule has 4 heteroatoms. The van der Waals surface area contributed by atoms with Crippen molar-refractivity contribution in [1.29, 1.82) is 0 Å². The summed E-state index contributed by atoms with van der Waals surface area (Å²) >= 11 is 0. The van der Waals surface area contributed by atoms with Crippen LogP contribution in [0, 0.1) is 5.92 Å². The van der Waals surface area contributed by atoms with Crippen molar-refractivity contribution in [3.05, 3.63) is 29.3 Å². The van der Waals surface area contributed by atoms with Crippen LogP contribution in [0.1, 0.15) is 42.6 Å². The third-order valence-electron chi connectivity index (χ3n) is 3.92. The second-order valence-corrected chi connectivity index (χ2v) is 5.99. The number of nitrogens with zero attached hydrogens (tertiary/aromatic N) is 1. The van der Waals surface area contributed by atoms with Crippen LogP contribution < -0.4 is 4.90 Å². The molecule has 1 heterocycles. The van der Waals surface area contributed by atoms with Crippen LogP contribution >= 0.6 is 0 Å². The first kappa shape index (κ1) is 15.8. The highest BCUT2D eigenvalue weighted by Gasteiger charge is 2.21.